The molecule has 0 unspecified atom stereocenters. The predicted octanol–water partition coefficient (Wildman–Crippen LogP) is 3.45. The van der Waals surface area contributed by atoms with Crippen LogP contribution in [0.25, 0.3) is 0 Å². The lowest BCUT2D eigenvalue weighted by Crippen LogP contribution is -2.02. The summed E-state index contributed by atoms with van der Waals surface area (Å²) in [6, 6.07) is 9.65. The van der Waals surface area contributed by atoms with Crippen LogP contribution in [0.15, 0.2) is 36.5 Å². The molecule has 0 bridgehead atoms. The summed E-state index contributed by atoms with van der Waals surface area (Å²) < 4.78 is 5.24. The van der Waals surface area contributed by atoms with Gasteiger partial charge in [0.05, 0.1) is 11.2 Å². The van der Waals surface area contributed by atoms with Crippen molar-refractivity contribution in [3.63, 3.8) is 0 Å². The van der Waals surface area contributed by atoms with Crippen molar-refractivity contribution in [1.29, 1.82) is 0 Å². The third-order valence-electron chi connectivity index (χ3n) is 2.43. The van der Waals surface area contributed by atoms with Gasteiger partial charge in [0, 0.05) is 0 Å². The van der Waals surface area contributed by atoms with E-state index in [0.717, 1.165) is 23.4 Å². The molecule has 0 saturated carbocycles. The Morgan fingerprint density at radius 2 is 2.11 bits per heavy atom. The standard InChI is InChI=1S/C14H15NO2S/c1-2-6-13-15-9-12(18-13)14(16)17-10-11-7-4-3-5-8-11/h3-5,7-9H,2,6,10H2,1H3. The minimum Gasteiger partial charge on any atom is -0.457 e. The average molecular weight is 261 g/mol. The number of aromatic nitrogens is 1. The molecule has 0 atom stereocenters. The van der Waals surface area contributed by atoms with Crippen molar-refractivity contribution in [2.75, 3.05) is 0 Å². The Balaban J connectivity index is 1.91. The summed E-state index contributed by atoms with van der Waals surface area (Å²) in [5.74, 6) is -0.293. The highest BCUT2D eigenvalue weighted by Gasteiger charge is 2.11. The zero-order valence-electron chi connectivity index (χ0n) is 10.3. The van der Waals surface area contributed by atoms with Crippen molar-refractivity contribution in [2.24, 2.45) is 0 Å². The van der Waals surface area contributed by atoms with E-state index in [0.29, 0.717) is 11.5 Å². The quantitative estimate of drug-likeness (QED) is 0.774. The van der Waals surface area contributed by atoms with Gasteiger partial charge in [-0.2, -0.15) is 0 Å². The molecule has 18 heavy (non-hydrogen) atoms. The Morgan fingerprint density at radius 3 is 2.83 bits per heavy atom. The van der Waals surface area contributed by atoms with Gasteiger partial charge < -0.3 is 4.74 Å². The van der Waals surface area contributed by atoms with Crippen LogP contribution in [0.5, 0.6) is 0 Å². The van der Waals surface area contributed by atoms with Crippen LogP contribution >= 0.6 is 11.3 Å². The van der Waals surface area contributed by atoms with Gasteiger partial charge in [-0.05, 0) is 18.4 Å². The molecule has 2 rings (SSSR count). The lowest BCUT2D eigenvalue weighted by Gasteiger charge is -2.02. The van der Waals surface area contributed by atoms with Gasteiger partial charge in [0.15, 0.2) is 0 Å². The van der Waals surface area contributed by atoms with E-state index < -0.39 is 0 Å². The van der Waals surface area contributed by atoms with Crippen LogP contribution in [0.4, 0.5) is 0 Å². The molecule has 1 heterocycles. The number of carbonyl (C=O) groups is 1. The number of rotatable bonds is 5. The highest BCUT2D eigenvalue weighted by Crippen LogP contribution is 2.16. The van der Waals surface area contributed by atoms with Crippen LogP contribution in [0.2, 0.25) is 0 Å². The van der Waals surface area contributed by atoms with Crippen molar-refractivity contribution in [3.8, 4) is 0 Å². The molecule has 0 spiro atoms. The van der Waals surface area contributed by atoms with E-state index in [9.17, 15) is 4.79 Å². The van der Waals surface area contributed by atoms with Crippen LogP contribution in [0.3, 0.4) is 0 Å². The van der Waals surface area contributed by atoms with Gasteiger partial charge in [-0.1, -0.05) is 37.3 Å². The summed E-state index contributed by atoms with van der Waals surface area (Å²) >= 11 is 1.42. The molecule has 94 valence electrons. The number of hydrogen-bond donors (Lipinski definition) is 0. The van der Waals surface area contributed by atoms with Gasteiger partial charge in [-0.25, -0.2) is 9.78 Å². The highest BCUT2D eigenvalue weighted by atomic mass is 32.1. The van der Waals surface area contributed by atoms with Crippen LogP contribution in [0, 0.1) is 0 Å². The van der Waals surface area contributed by atoms with E-state index in [1.54, 1.807) is 6.20 Å². The monoisotopic (exact) mass is 261 g/mol. The van der Waals surface area contributed by atoms with Crippen molar-refractivity contribution < 1.29 is 9.53 Å². The van der Waals surface area contributed by atoms with Gasteiger partial charge in [-0.3, -0.25) is 0 Å². The lowest BCUT2D eigenvalue weighted by molar-refractivity contribution is 0.0478. The second kappa shape index (κ2) is 6.31. The Morgan fingerprint density at radius 1 is 1.33 bits per heavy atom. The SMILES string of the molecule is CCCc1ncc(C(=O)OCc2ccccc2)s1. The topological polar surface area (TPSA) is 39.2 Å². The Labute approximate surface area is 110 Å². The van der Waals surface area contributed by atoms with Crippen molar-refractivity contribution in [3.05, 3.63) is 52.0 Å². The van der Waals surface area contributed by atoms with E-state index in [2.05, 4.69) is 11.9 Å². The fourth-order valence-electron chi connectivity index (χ4n) is 1.53. The largest absolute Gasteiger partial charge is 0.457 e. The molecule has 0 amide bonds. The number of benzene rings is 1. The summed E-state index contributed by atoms with van der Waals surface area (Å²) in [5, 5.41) is 0.990. The maximum Gasteiger partial charge on any atom is 0.350 e. The van der Waals surface area contributed by atoms with E-state index in [1.165, 1.54) is 11.3 Å². The molecule has 0 aliphatic rings. The molecule has 0 N–H and O–H groups in total. The molecule has 0 aliphatic carbocycles. The molecule has 1 aromatic heterocycles. The highest BCUT2D eigenvalue weighted by molar-refractivity contribution is 7.13. The van der Waals surface area contributed by atoms with Crippen LogP contribution in [-0.4, -0.2) is 11.0 Å². The molecule has 4 heteroatoms. The molecular weight excluding hydrogens is 246 g/mol. The third kappa shape index (κ3) is 3.40. The molecule has 1 aromatic carbocycles. The summed E-state index contributed by atoms with van der Waals surface area (Å²) in [6.45, 7) is 2.40. The second-order valence-electron chi connectivity index (χ2n) is 3.93. The van der Waals surface area contributed by atoms with E-state index in [-0.39, 0.29) is 5.97 Å². The Hall–Kier alpha value is -1.68. The van der Waals surface area contributed by atoms with Crippen LogP contribution in [-0.2, 0) is 17.8 Å². The fraction of sp³-hybridized carbons (Fsp3) is 0.286. The lowest BCUT2D eigenvalue weighted by atomic mass is 10.2. The van der Waals surface area contributed by atoms with E-state index in [4.69, 9.17) is 4.74 Å². The minimum absolute atomic E-state index is 0.293. The summed E-state index contributed by atoms with van der Waals surface area (Å²) in [7, 11) is 0. The first-order chi connectivity index (χ1) is 8.79. The predicted molar refractivity (Wildman–Crippen MR) is 71.7 cm³/mol. The molecule has 0 radical (unpaired) electrons. The van der Waals surface area contributed by atoms with Gasteiger partial charge in [0.2, 0.25) is 0 Å². The molecule has 0 saturated heterocycles. The average Bonchev–Trinajstić information content (AvgIpc) is 2.86. The van der Waals surface area contributed by atoms with Gasteiger partial charge in [0.25, 0.3) is 0 Å². The zero-order chi connectivity index (χ0) is 12.8. The number of ether oxygens (including phenoxy) is 1. The smallest absolute Gasteiger partial charge is 0.350 e. The maximum absolute atomic E-state index is 11.8. The van der Waals surface area contributed by atoms with Crippen molar-refractivity contribution >= 4 is 17.3 Å². The molecule has 3 nitrogen and oxygen atoms in total. The normalized spacial score (nSPS) is 10.3. The Bertz CT molecular complexity index is 508. The third-order valence-corrected chi connectivity index (χ3v) is 3.47. The number of thiazole rings is 1. The first-order valence-corrected chi connectivity index (χ1v) is 6.77. The minimum atomic E-state index is -0.293. The van der Waals surface area contributed by atoms with Gasteiger partial charge in [-0.15, -0.1) is 11.3 Å². The summed E-state index contributed by atoms with van der Waals surface area (Å²) in [4.78, 5) is 16.6. The van der Waals surface area contributed by atoms with Gasteiger partial charge >= 0.3 is 5.97 Å². The second-order valence-corrected chi connectivity index (χ2v) is 5.05. The molecule has 0 aliphatic heterocycles. The fourth-order valence-corrected chi connectivity index (χ4v) is 2.44. The van der Waals surface area contributed by atoms with Crippen molar-refractivity contribution in [1.82, 2.24) is 4.98 Å². The molecule has 2 aromatic rings. The van der Waals surface area contributed by atoms with Gasteiger partial charge in [0.1, 0.15) is 11.5 Å². The first kappa shape index (κ1) is 12.8. The zero-order valence-corrected chi connectivity index (χ0v) is 11.1. The van der Waals surface area contributed by atoms with E-state index >= 15 is 0 Å². The number of esters is 1. The van der Waals surface area contributed by atoms with E-state index in [1.807, 2.05) is 30.3 Å². The molecular formula is C14H15NO2S. The number of carbonyl (C=O) groups excluding carboxylic acids is 1. The summed E-state index contributed by atoms with van der Waals surface area (Å²) in [5.41, 5.74) is 0.990. The summed E-state index contributed by atoms with van der Waals surface area (Å²) in [6.07, 6.45) is 3.55. The van der Waals surface area contributed by atoms with Crippen LogP contribution in [0.1, 0.15) is 33.6 Å². The number of hydrogen-bond acceptors (Lipinski definition) is 4. The Kier molecular flexibility index (Phi) is 4.47. The first-order valence-electron chi connectivity index (χ1n) is 5.95. The maximum atomic E-state index is 11.8. The number of aryl methyl sites for hydroxylation is 1. The molecule has 0 fully saturated rings. The van der Waals surface area contributed by atoms with Crippen molar-refractivity contribution in [2.45, 2.75) is 26.4 Å². The number of nitrogens with zero attached hydrogens (tertiary/aromatic N) is 1. The van der Waals surface area contributed by atoms with Crippen LogP contribution < -0.4 is 0 Å².